The molecule has 0 saturated carbocycles. The summed E-state index contributed by atoms with van der Waals surface area (Å²) in [7, 11) is 0. The third-order valence-electron chi connectivity index (χ3n) is 4.46. The van der Waals surface area contributed by atoms with Gasteiger partial charge in [-0.05, 0) is 23.6 Å². The average molecular weight is 344 g/mol. The molecule has 130 valence electrons. The summed E-state index contributed by atoms with van der Waals surface area (Å²) in [6, 6.07) is 20.0. The van der Waals surface area contributed by atoms with E-state index in [1.165, 1.54) is 5.39 Å². The fourth-order valence-electron chi connectivity index (χ4n) is 3.11. The summed E-state index contributed by atoms with van der Waals surface area (Å²) < 4.78 is 1.80. The number of H-pyrrole nitrogens is 1. The van der Waals surface area contributed by atoms with Crippen molar-refractivity contribution in [3.05, 3.63) is 84.2 Å². The minimum atomic E-state index is -0.00917. The van der Waals surface area contributed by atoms with Crippen LogP contribution in [0, 0.1) is 0 Å². The van der Waals surface area contributed by atoms with Crippen LogP contribution in [-0.4, -0.2) is 20.7 Å². The van der Waals surface area contributed by atoms with Crippen molar-refractivity contribution in [1.29, 1.82) is 0 Å². The molecule has 0 bridgehead atoms. The van der Waals surface area contributed by atoms with Crippen LogP contribution in [0.2, 0.25) is 0 Å². The predicted molar refractivity (Wildman–Crippen MR) is 103 cm³/mol. The smallest absolute Gasteiger partial charge is 0.225 e. The van der Waals surface area contributed by atoms with Gasteiger partial charge in [-0.15, -0.1) is 0 Å². The number of hydrogen-bond acceptors (Lipinski definition) is 2. The van der Waals surface area contributed by atoms with Gasteiger partial charge < -0.3 is 10.3 Å². The minimum Gasteiger partial charge on any atom is -0.361 e. The molecule has 5 heteroatoms. The first-order chi connectivity index (χ1) is 12.8. The molecule has 26 heavy (non-hydrogen) atoms. The highest BCUT2D eigenvalue weighted by Crippen LogP contribution is 2.19. The van der Waals surface area contributed by atoms with Gasteiger partial charge in [-0.3, -0.25) is 4.79 Å². The normalized spacial score (nSPS) is 10.9. The standard InChI is InChI=1S/C21H20N4O/c26-21(11-10-17-14-22-19-9-5-4-8-18(17)19)24-20-12-13-23-25(20)15-16-6-2-1-3-7-16/h1-9,12-14,22H,10-11,15H2,(H,24,26). The molecule has 4 rings (SSSR count). The molecule has 0 unspecified atom stereocenters. The van der Waals surface area contributed by atoms with Gasteiger partial charge in [0.1, 0.15) is 5.82 Å². The Hall–Kier alpha value is -3.34. The van der Waals surface area contributed by atoms with Gasteiger partial charge in [-0.25, -0.2) is 4.68 Å². The summed E-state index contributed by atoms with van der Waals surface area (Å²) in [5, 5.41) is 8.46. The molecule has 4 aromatic rings. The number of amides is 1. The minimum absolute atomic E-state index is 0.00917. The Kier molecular flexibility index (Phi) is 4.51. The quantitative estimate of drug-likeness (QED) is 0.556. The van der Waals surface area contributed by atoms with E-state index in [0.717, 1.165) is 22.5 Å². The number of rotatable bonds is 6. The van der Waals surface area contributed by atoms with Crippen LogP contribution in [0.5, 0.6) is 0 Å². The topological polar surface area (TPSA) is 62.7 Å². The Bertz CT molecular complexity index is 1020. The van der Waals surface area contributed by atoms with Crippen molar-refractivity contribution in [3.63, 3.8) is 0 Å². The highest BCUT2D eigenvalue weighted by Gasteiger charge is 2.10. The van der Waals surface area contributed by atoms with Gasteiger partial charge >= 0.3 is 0 Å². The number of aromatic amines is 1. The van der Waals surface area contributed by atoms with Gasteiger partial charge in [-0.1, -0.05) is 48.5 Å². The molecule has 2 heterocycles. The molecule has 0 spiro atoms. The van der Waals surface area contributed by atoms with E-state index in [0.29, 0.717) is 19.4 Å². The summed E-state index contributed by atoms with van der Waals surface area (Å²) in [5.41, 5.74) is 3.41. The first-order valence-corrected chi connectivity index (χ1v) is 8.70. The second-order valence-corrected chi connectivity index (χ2v) is 6.27. The maximum atomic E-state index is 12.4. The molecule has 1 amide bonds. The highest BCUT2D eigenvalue weighted by molar-refractivity contribution is 5.90. The van der Waals surface area contributed by atoms with E-state index in [1.807, 2.05) is 60.8 Å². The Balaban J connectivity index is 1.39. The molecule has 0 radical (unpaired) electrons. The van der Waals surface area contributed by atoms with Crippen molar-refractivity contribution < 1.29 is 4.79 Å². The maximum absolute atomic E-state index is 12.4. The molecular formula is C21H20N4O. The molecule has 2 N–H and O–H groups in total. The number of carbonyl (C=O) groups is 1. The van der Waals surface area contributed by atoms with Crippen LogP contribution in [-0.2, 0) is 17.8 Å². The summed E-state index contributed by atoms with van der Waals surface area (Å²) in [4.78, 5) is 15.6. The van der Waals surface area contributed by atoms with Gasteiger partial charge in [-0.2, -0.15) is 5.10 Å². The fraction of sp³-hybridized carbons (Fsp3) is 0.143. The second-order valence-electron chi connectivity index (χ2n) is 6.27. The lowest BCUT2D eigenvalue weighted by Gasteiger charge is -2.09. The van der Waals surface area contributed by atoms with Crippen molar-refractivity contribution in [3.8, 4) is 0 Å². The van der Waals surface area contributed by atoms with Gasteiger partial charge in [0, 0.05) is 29.6 Å². The SMILES string of the molecule is O=C(CCc1c[nH]c2ccccc12)Nc1ccnn1Cc1ccccc1. The molecular weight excluding hydrogens is 324 g/mol. The Morgan fingerprint density at radius 3 is 2.73 bits per heavy atom. The van der Waals surface area contributed by atoms with E-state index >= 15 is 0 Å². The molecule has 2 aromatic heterocycles. The van der Waals surface area contributed by atoms with Gasteiger partial charge in [0.05, 0.1) is 12.7 Å². The number of para-hydroxylation sites is 1. The van der Waals surface area contributed by atoms with Crippen molar-refractivity contribution in [2.24, 2.45) is 0 Å². The molecule has 0 saturated heterocycles. The third kappa shape index (κ3) is 3.52. The van der Waals surface area contributed by atoms with Crippen LogP contribution in [0.4, 0.5) is 5.82 Å². The van der Waals surface area contributed by atoms with E-state index in [-0.39, 0.29) is 5.91 Å². The zero-order chi connectivity index (χ0) is 17.8. The number of nitrogens with zero attached hydrogens (tertiary/aromatic N) is 2. The first-order valence-electron chi connectivity index (χ1n) is 8.70. The molecule has 2 aromatic carbocycles. The van der Waals surface area contributed by atoms with Crippen LogP contribution in [0.25, 0.3) is 10.9 Å². The largest absolute Gasteiger partial charge is 0.361 e. The van der Waals surface area contributed by atoms with Crippen molar-refractivity contribution in [2.45, 2.75) is 19.4 Å². The van der Waals surface area contributed by atoms with Crippen molar-refractivity contribution >= 4 is 22.6 Å². The number of aromatic nitrogens is 3. The van der Waals surface area contributed by atoms with Crippen molar-refractivity contribution in [1.82, 2.24) is 14.8 Å². The van der Waals surface area contributed by atoms with E-state index in [9.17, 15) is 4.79 Å². The molecule has 0 fully saturated rings. The third-order valence-corrected chi connectivity index (χ3v) is 4.46. The number of aryl methyl sites for hydroxylation is 1. The number of hydrogen-bond donors (Lipinski definition) is 2. The first kappa shape index (κ1) is 16.1. The maximum Gasteiger partial charge on any atom is 0.225 e. The number of fused-ring (bicyclic) bond motifs is 1. The number of nitrogens with one attached hydrogen (secondary N) is 2. The van der Waals surface area contributed by atoms with Crippen LogP contribution < -0.4 is 5.32 Å². The summed E-state index contributed by atoms with van der Waals surface area (Å²) >= 11 is 0. The van der Waals surface area contributed by atoms with E-state index in [1.54, 1.807) is 10.9 Å². The number of carbonyl (C=O) groups excluding carboxylic acids is 1. The van der Waals surface area contributed by atoms with Crippen LogP contribution in [0.15, 0.2) is 73.1 Å². The molecule has 0 aliphatic carbocycles. The predicted octanol–water partition coefficient (Wildman–Crippen LogP) is 3.98. The Labute approximate surface area is 151 Å². The highest BCUT2D eigenvalue weighted by atomic mass is 16.1. The van der Waals surface area contributed by atoms with E-state index in [2.05, 4.69) is 21.5 Å². The lowest BCUT2D eigenvalue weighted by Crippen LogP contribution is -2.16. The van der Waals surface area contributed by atoms with Gasteiger partial charge in [0.25, 0.3) is 0 Å². The van der Waals surface area contributed by atoms with Gasteiger partial charge in [0.15, 0.2) is 0 Å². The van der Waals surface area contributed by atoms with Crippen LogP contribution in [0.3, 0.4) is 0 Å². The average Bonchev–Trinajstić information content (AvgIpc) is 3.28. The van der Waals surface area contributed by atoms with Crippen LogP contribution >= 0.6 is 0 Å². The van der Waals surface area contributed by atoms with Crippen molar-refractivity contribution in [2.75, 3.05) is 5.32 Å². The molecule has 5 nitrogen and oxygen atoms in total. The fourth-order valence-corrected chi connectivity index (χ4v) is 3.11. The summed E-state index contributed by atoms with van der Waals surface area (Å²) in [6.45, 7) is 0.631. The molecule has 0 aliphatic heterocycles. The zero-order valence-corrected chi connectivity index (χ0v) is 14.4. The summed E-state index contributed by atoms with van der Waals surface area (Å²) in [5.74, 6) is 0.711. The van der Waals surface area contributed by atoms with Gasteiger partial charge in [0.2, 0.25) is 5.91 Å². The lowest BCUT2D eigenvalue weighted by atomic mass is 10.1. The van der Waals surface area contributed by atoms with E-state index in [4.69, 9.17) is 0 Å². The van der Waals surface area contributed by atoms with E-state index < -0.39 is 0 Å². The number of benzene rings is 2. The lowest BCUT2D eigenvalue weighted by molar-refractivity contribution is -0.116. The number of anilines is 1. The molecule has 0 atom stereocenters. The zero-order valence-electron chi connectivity index (χ0n) is 14.4. The molecule has 0 aliphatic rings. The summed E-state index contributed by atoms with van der Waals surface area (Å²) in [6.07, 6.45) is 4.82. The Morgan fingerprint density at radius 2 is 1.85 bits per heavy atom. The monoisotopic (exact) mass is 344 g/mol. The second kappa shape index (κ2) is 7.27. The van der Waals surface area contributed by atoms with Crippen LogP contribution in [0.1, 0.15) is 17.5 Å². The Morgan fingerprint density at radius 1 is 1.04 bits per heavy atom.